The Kier molecular flexibility index (Phi) is 2.50. The fourth-order valence-corrected chi connectivity index (χ4v) is 2.71. The van der Waals surface area contributed by atoms with Crippen molar-refractivity contribution in [2.24, 2.45) is 0 Å². The molecule has 1 unspecified atom stereocenters. The van der Waals surface area contributed by atoms with E-state index in [4.69, 9.17) is 0 Å². The highest BCUT2D eigenvalue weighted by atomic mass is 79.9. The van der Waals surface area contributed by atoms with Crippen molar-refractivity contribution in [3.05, 3.63) is 20.3 Å². The van der Waals surface area contributed by atoms with Gasteiger partial charge in [-0.3, -0.25) is 0 Å². The van der Waals surface area contributed by atoms with Gasteiger partial charge in [-0.1, -0.05) is 0 Å². The molecule has 0 radical (unpaired) electrons. The van der Waals surface area contributed by atoms with Gasteiger partial charge in [-0.05, 0) is 35.8 Å². The number of aliphatic hydroxyl groups is 1. The van der Waals surface area contributed by atoms with Crippen molar-refractivity contribution in [2.75, 3.05) is 0 Å². The molecule has 0 saturated heterocycles. The standard InChI is InChI=1S/C7H9BrOS/c1-4-3-6(8)7(10-4)5(2)9/h3,5,9H,1-2H3. The summed E-state index contributed by atoms with van der Waals surface area (Å²) in [6.45, 7) is 3.80. The lowest BCUT2D eigenvalue weighted by atomic mass is 10.3. The molecule has 1 N–H and O–H groups in total. The largest absolute Gasteiger partial charge is 0.388 e. The summed E-state index contributed by atoms with van der Waals surface area (Å²) in [5.74, 6) is 0. The minimum atomic E-state index is -0.354. The van der Waals surface area contributed by atoms with E-state index in [1.807, 2.05) is 13.0 Å². The zero-order valence-corrected chi connectivity index (χ0v) is 8.29. The summed E-state index contributed by atoms with van der Waals surface area (Å²) in [6, 6.07) is 2.02. The van der Waals surface area contributed by atoms with Crippen LogP contribution >= 0.6 is 27.3 Å². The lowest BCUT2D eigenvalue weighted by molar-refractivity contribution is 0.202. The Labute approximate surface area is 72.8 Å². The molecule has 1 atom stereocenters. The number of hydrogen-bond donors (Lipinski definition) is 1. The monoisotopic (exact) mass is 220 g/mol. The van der Waals surface area contributed by atoms with E-state index < -0.39 is 0 Å². The summed E-state index contributed by atoms with van der Waals surface area (Å²) < 4.78 is 1.02. The van der Waals surface area contributed by atoms with Crippen molar-refractivity contribution >= 4 is 27.3 Å². The highest BCUT2D eigenvalue weighted by Gasteiger charge is 2.08. The number of rotatable bonds is 1. The van der Waals surface area contributed by atoms with Crippen LogP contribution in [0, 0.1) is 6.92 Å². The van der Waals surface area contributed by atoms with Crippen LogP contribution in [0.1, 0.15) is 22.8 Å². The van der Waals surface area contributed by atoms with Crippen LogP contribution < -0.4 is 0 Å². The molecule has 0 fully saturated rings. The Morgan fingerprint density at radius 1 is 1.70 bits per heavy atom. The molecule has 0 aromatic carbocycles. The van der Waals surface area contributed by atoms with Gasteiger partial charge in [0.2, 0.25) is 0 Å². The Balaban J connectivity index is 3.03. The van der Waals surface area contributed by atoms with E-state index >= 15 is 0 Å². The molecule has 1 aromatic rings. The lowest BCUT2D eigenvalue weighted by Gasteiger charge is -1.98. The van der Waals surface area contributed by atoms with Crippen LogP contribution in [-0.4, -0.2) is 5.11 Å². The van der Waals surface area contributed by atoms with Crippen molar-refractivity contribution in [1.82, 2.24) is 0 Å². The quantitative estimate of drug-likeness (QED) is 0.773. The fraction of sp³-hybridized carbons (Fsp3) is 0.429. The van der Waals surface area contributed by atoms with Crippen LogP contribution in [0.5, 0.6) is 0 Å². The molecule has 1 nitrogen and oxygen atoms in total. The van der Waals surface area contributed by atoms with Gasteiger partial charge < -0.3 is 5.11 Å². The zero-order valence-electron chi connectivity index (χ0n) is 5.89. The topological polar surface area (TPSA) is 20.2 Å². The second-order valence-corrected chi connectivity index (χ2v) is 4.39. The van der Waals surface area contributed by atoms with Crippen molar-refractivity contribution in [3.63, 3.8) is 0 Å². The van der Waals surface area contributed by atoms with Crippen LogP contribution in [0.2, 0.25) is 0 Å². The molecule has 0 saturated carbocycles. The first-order valence-electron chi connectivity index (χ1n) is 3.05. The molecular formula is C7H9BrOS. The molecule has 0 amide bonds. The molecule has 1 rings (SSSR count). The van der Waals surface area contributed by atoms with E-state index in [-0.39, 0.29) is 6.10 Å². The van der Waals surface area contributed by atoms with Gasteiger partial charge in [0.25, 0.3) is 0 Å². The van der Waals surface area contributed by atoms with Gasteiger partial charge >= 0.3 is 0 Å². The smallest absolute Gasteiger partial charge is 0.0865 e. The molecule has 0 bridgehead atoms. The minimum absolute atomic E-state index is 0.354. The molecule has 0 aliphatic carbocycles. The second-order valence-electron chi connectivity index (χ2n) is 2.25. The van der Waals surface area contributed by atoms with Crippen LogP contribution in [0.15, 0.2) is 10.5 Å². The third kappa shape index (κ3) is 1.59. The molecule has 1 aromatic heterocycles. The maximum absolute atomic E-state index is 9.20. The molecule has 10 heavy (non-hydrogen) atoms. The van der Waals surface area contributed by atoms with E-state index in [0.717, 1.165) is 9.35 Å². The average molecular weight is 221 g/mol. The van der Waals surface area contributed by atoms with E-state index in [9.17, 15) is 5.11 Å². The Bertz CT molecular complexity index is 230. The lowest BCUT2D eigenvalue weighted by Crippen LogP contribution is -1.85. The van der Waals surface area contributed by atoms with Crippen molar-refractivity contribution in [1.29, 1.82) is 0 Å². The number of thiophene rings is 1. The Hall–Kier alpha value is 0.140. The van der Waals surface area contributed by atoms with Gasteiger partial charge in [0.05, 0.1) is 6.10 Å². The van der Waals surface area contributed by atoms with E-state index in [1.165, 1.54) is 4.88 Å². The van der Waals surface area contributed by atoms with Gasteiger partial charge in [0.1, 0.15) is 0 Å². The maximum atomic E-state index is 9.20. The molecule has 3 heteroatoms. The van der Waals surface area contributed by atoms with Crippen LogP contribution in [-0.2, 0) is 0 Å². The van der Waals surface area contributed by atoms with Crippen LogP contribution in [0.25, 0.3) is 0 Å². The third-order valence-electron chi connectivity index (χ3n) is 1.22. The van der Waals surface area contributed by atoms with Gasteiger partial charge in [-0.25, -0.2) is 0 Å². The third-order valence-corrected chi connectivity index (χ3v) is 3.36. The fourth-order valence-electron chi connectivity index (χ4n) is 0.786. The van der Waals surface area contributed by atoms with Gasteiger partial charge in [-0.15, -0.1) is 11.3 Å². The van der Waals surface area contributed by atoms with Gasteiger partial charge in [-0.2, -0.15) is 0 Å². The number of aryl methyl sites for hydroxylation is 1. The normalized spacial score (nSPS) is 13.6. The maximum Gasteiger partial charge on any atom is 0.0865 e. The van der Waals surface area contributed by atoms with E-state index in [0.29, 0.717) is 0 Å². The van der Waals surface area contributed by atoms with Gasteiger partial charge in [0.15, 0.2) is 0 Å². The van der Waals surface area contributed by atoms with Gasteiger partial charge in [0, 0.05) is 14.2 Å². The summed E-state index contributed by atoms with van der Waals surface area (Å²) in [6.07, 6.45) is -0.354. The van der Waals surface area contributed by atoms with E-state index in [2.05, 4.69) is 15.9 Å². The summed E-state index contributed by atoms with van der Waals surface area (Å²) in [5.41, 5.74) is 0. The Morgan fingerprint density at radius 3 is 2.50 bits per heavy atom. The average Bonchev–Trinajstić information content (AvgIpc) is 2.10. The van der Waals surface area contributed by atoms with Crippen molar-refractivity contribution < 1.29 is 5.11 Å². The highest BCUT2D eigenvalue weighted by molar-refractivity contribution is 9.10. The molecule has 0 aliphatic rings. The van der Waals surface area contributed by atoms with Crippen molar-refractivity contribution in [2.45, 2.75) is 20.0 Å². The highest BCUT2D eigenvalue weighted by Crippen LogP contribution is 2.31. The number of halogens is 1. The predicted octanol–water partition coefficient (Wildman–Crippen LogP) is 2.87. The molecule has 1 heterocycles. The molecule has 0 spiro atoms. The second kappa shape index (κ2) is 3.03. The first-order valence-corrected chi connectivity index (χ1v) is 4.66. The van der Waals surface area contributed by atoms with Crippen LogP contribution in [0.3, 0.4) is 0 Å². The predicted molar refractivity (Wildman–Crippen MR) is 47.4 cm³/mol. The number of hydrogen-bond acceptors (Lipinski definition) is 2. The molecule has 0 aliphatic heterocycles. The number of aliphatic hydroxyl groups excluding tert-OH is 1. The summed E-state index contributed by atoms with van der Waals surface area (Å²) in [5, 5.41) is 9.20. The summed E-state index contributed by atoms with van der Waals surface area (Å²) in [7, 11) is 0. The summed E-state index contributed by atoms with van der Waals surface area (Å²) in [4.78, 5) is 2.24. The summed E-state index contributed by atoms with van der Waals surface area (Å²) >= 11 is 4.99. The zero-order chi connectivity index (χ0) is 7.72. The molecule has 56 valence electrons. The molecular weight excluding hydrogens is 212 g/mol. The SMILES string of the molecule is Cc1cc(Br)c(C(C)O)s1. The van der Waals surface area contributed by atoms with Crippen molar-refractivity contribution in [3.8, 4) is 0 Å². The van der Waals surface area contributed by atoms with Crippen LogP contribution in [0.4, 0.5) is 0 Å². The van der Waals surface area contributed by atoms with E-state index in [1.54, 1.807) is 18.3 Å². The minimum Gasteiger partial charge on any atom is -0.388 e. The Morgan fingerprint density at radius 2 is 2.30 bits per heavy atom. The first kappa shape index (κ1) is 8.24. The first-order chi connectivity index (χ1) is 4.61.